The zero-order valence-corrected chi connectivity index (χ0v) is 8.01. The summed E-state index contributed by atoms with van der Waals surface area (Å²) < 4.78 is 0. The van der Waals surface area contributed by atoms with Gasteiger partial charge in [0, 0.05) is 0 Å². The summed E-state index contributed by atoms with van der Waals surface area (Å²) in [5, 5.41) is 0. The predicted molar refractivity (Wildman–Crippen MR) is 2.50 cm³/mol. The van der Waals surface area contributed by atoms with Crippen LogP contribution in [0.4, 0.5) is 4.70 Å². The maximum atomic E-state index is 0. The van der Waals surface area contributed by atoms with E-state index >= 15 is 0 Å². The first kappa shape index (κ1) is 63.2. The number of hydrogen-bond donors (Lipinski definition) is 0. The molecule has 5 heteroatoms. The molecule has 0 heterocycles. The van der Waals surface area contributed by atoms with E-state index in [0.29, 0.717) is 0 Å². The van der Waals surface area contributed by atoms with E-state index in [1.807, 2.05) is 0 Å². The molecule has 0 aromatic carbocycles. The average Bonchev–Trinajstić information content (AvgIpc) is 0. The maximum Gasteiger partial charge on any atom is 3.00 e. The van der Waals surface area contributed by atoms with E-state index in [1.165, 1.54) is 0 Å². The van der Waals surface area contributed by atoms with E-state index in [0.717, 1.165) is 0 Å². The van der Waals surface area contributed by atoms with E-state index in [4.69, 9.17) is 0 Å². The normalized spacial score (nSPS) is 0. The van der Waals surface area contributed by atoms with Crippen molar-refractivity contribution in [1.29, 1.82) is 0 Å². The Morgan fingerprint density at radius 3 is 0.600 bits per heavy atom. The molecule has 0 N–H and O–H groups in total. The monoisotopic (exact) mass is 264 g/mol. The van der Waals surface area contributed by atoms with Crippen LogP contribution < -0.4 is 37.2 Å². The van der Waals surface area contributed by atoms with Gasteiger partial charge in [-0.25, -0.2) is 0 Å². The minimum absolute atomic E-state index is 0. The van der Waals surface area contributed by atoms with E-state index in [9.17, 15) is 0 Å². The smallest absolute Gasteiger partial charge is 1.00 e. The van der Waals surface area contributed by atoms with Gasteiger partial charge < -0.3 is 37.2 Å². The summed E-state index contributed by atoms with van der Waals surface area (Å²) in [7, 11) is 0. The molecule has 0 unspecified atom stereocenters. The molecule has 32 valence electrons. The second-order valence-electron chi connectivity index (χ2n) is 0. The Kier molecular flexibility index (Phi) is 475. The van der Waals surface area contributed by atoms with Crippen molar-refractivity contribution < 1.29 is 77.5 Å². The first-order valence-corrected chi connectivity index (χ1v) is 0. The molecule has 0 aliphatic rings. The van der Waals surface area contributed by atoms with Crippen LogP contribution in [-0.2, 0) is 0 Å². The first-order valence-electron chi connectivity index (χ1n) is 0. The molecule has 0 radical (unpaired) electrons. The number of hydrogen-bond acceptors (Lipinski definition) is 0. The standard InChI is InChI=1S/3ClH.FH.La/h4*1H;/q;;;;+3/p-3. The van der Waals surface area contributed by atoms with Crippen LogP contribution in [0.3, 0.4) is 0 Å². The zero-order valence-electron chi connectivity index (χ0n) is 2.12. The summed E-state index contributed by atoms with van der Waals surface area (Å²) in [6.07, 6.45) is 0. The Balaban J connectivity index is 0. The van der Waals surface area contributed by atoms with Crippen molar-refractivity contribution in [3.8, 4) is 0 Å². The van der Waals surface area contributed by atoms with Crippen LogP contribution >= 0.6 is 0 Å². The van der Waals surface area contributed by atoms with Gasteiger partial charge in [-0.1, -0.05) is 0 Å². The molecule has 0 aromatic rings. The van der Waals surface area contributed by atoms with Gasteiger partial charge in [0.2, 0.25) is 0 Å². The fourth-order valence-electron chi connectivity index (χ4n) is 0. The topological polar surface area (TPSA) is 0 Å². The second-order valence-corrected chi connectivity index (χ2v) is 0. The number of rotatable bonds is 0. The largest absolute Gasteiger partial charge is 3.00 e. The molecule has 0 bridgehead atoms. The molecular formula is HCl3FLa. The van der Waals surface area contributed by atoms with Gasteiger partial charge in [0.25, 0.3) is 0 Å². The van der Waals surface area contributed by atoms with Gasteiger partial charge in [0.1, 0.15) is 0 Å². The van der Waals surface area contributed by atoms with E-state index in [1.54, 1.807) is 0 Å². The van der Waals surface area contributed by atoms with Crippen molar-refractivity contribution in [2.45, 2.75) is 0 Å². The van der Waals surface area contributed by atoms with Gasteiger partial charge in [0.05, 0.1) is 0 Å². The van der Waals surface area contributed by atoms with Crippen LogP contribution in [0.5, 0.6) is 0 Å². The number of halogens is 4. The van der Waals surface area contributed by atoms with Gasteiger partial charge in [-0.3, -0.25) is 4.70 Å². The summed E-state index contributed by atoms with van der Waals surface area (Å²) in [5.41, 5.74) is 0. The summed E-state index contributed by atoms with van der Waals surface area (Å²) in [6.45, 7) is 0. The van der Waals surface area contributed by atoms with Gasteiger partial charge in [-0.15, -0.1) is 0 Å². The van der Waals surface area contributed by atoms with Crippen molar-refractivity contribution in [3.05, 3.63) is 0 Å². The van der Waals surface area contributed by atoms with E-state index < -0.39 is 0 Å². The molecule has 0 spiro atoms. The maximum absolute atomic E-state index is 0. The molecule has 0 aromatic heterocycles. The molecule has 0 atom stereocenters. The Hall–Kier alpha value is 1.99. The molecule has 0 rings (SSSR count). The zero-order chi connectivity index (χ0) is 0. The SMILES string of the molecule is F.[Cl-].[Cl-].[Cl-].[La+3]. The van der Waals surface area contributed by atoms with Crippen molar-refractivity contribution >= 4 is 0 Å². The molecule has 0 fully saturated rings. The van der Waals surface area contributed by atoms with Crippen LogP contribution in [0.1, 0.15) is 0 Å². The van der Waals surface area contributed by atoms with E-state index in [2.05, 4.69) is 0 Å². The molecule has 0 aliphatic heterocycles. The predicted octanol–water partition coefficient (Wildman–Crippen LogP) is -8.84. The van der Waals surface area contributed by atoms with Crippen LogP contribution in [0.25, 0.3) is 0 Å². The minimum atomic E-state index is 0. The van der Waals surface area contributed by atoms with Gasteiger partial charge >= 0.3 is 35.6 Å². The summed E-state index contributed by atoms with van der Waals surface area (Å²) >= 11 is 0. The van der Waals surface area contributed by atoms with Gasteiger partial charge in [0.15, 0.2) is 0 Å². The molecule has 0 nitrogen and oxygen atoms in total. The summed E-state index contributed by atoms with van der Waals surface area (Å²) in [5.74, 6) is 0. The Morgan fingerprint density at radius 2 is 0.600 bits per heavy atom. The van der Waals surface area contributed by atoms with Crippen molar-refractivity contribution in [3.63, 3.8) is 0 Å². The first-order chi connectivity index (χ1) is 0. The fourth-order valence-corrected chi connectivity index (χ4v) is 0. The Morgan fingerprint density at radius 1 is 0.600 bits per heavy atom. The molecule has 5 heavy (non-hydrogen) atoms. The minimum Gasteiger partial charge on any atom is -1.00 e. The summed E-state index contributed by atoms with van der Waals surface area (Å²) in [4.78, 5) is 0. The van der Waals surface area contributed by atoms with Gasteiger partial charge in [-0.2, -0.15) is 0 Å². The van der Waals surface area contributed by atoms with E-state index in [-0.39, 0.29) is 77.5 Å². The molecule has 0 saturated carbocycles. The second kappa shape index (κ2) is 37.6. The van der Waals surface area contributed by atoms with Crippen LogP contribution in [0, 0.1) is 35.6 Å². The Bertz CT molecular complexity index is 6.85. The quantitative estimate of drug-likeness (QED) is 0.408. The third-order valence-corrected chi connectivity index (χ3v) is 0. The van der Waals surface area contributed by atoms with Gasteiger partial charge in [-0.05, 0) is 0 Å². The molecule has 0 aliphatic carbocycles. The van der Waals surface area contributed by atoms with Crippen molar-refractivity contribution in [2.75, 3.05) is 0 Å². The van der Waals surface area contributed by atoms with Crippen molar-refractivity contribution in [2.24, 2.45) is 0 Å². The average molecular weight is 265 g/mol. The van der Waals surface area contributed by atoms with Crippen LogP contribution in [-0.4, -0.2) is 0 Å². The fraction of sp³-hybridized carbons (Fsp3) is 0. The van der Waals surface area contributed by atoms with Crippen molar-refractivity contribution in [1.82, 2.24) is 0 Å². The third-order valence-electron chi connectivity index (χ3n) is 0. The summed E-state index contributed by atoms with van der Waals surface area (Å²) in [6, 6.07) is 0. The third kappa shape index (κ3) is 24.0. The molecular weight excluding hydrogens is 264 g/mol. The Labute approximate surface area is 76.7 Å². The molecule has 0 saturated heterocycles. The van der Waals surface area contributed by atoms with Crippen LogP contribution in [0.15, 0.2) is 0 Å². The molecule has 0 amide bonds. The van der Waals surface area contributed by atoms with Crippen LogP contribution in [0.2, 0.25) is 0 Å².